The lowest BCUT2D eigenvalue weighted by atomic mass is 10.2. The van der Waals surface area contributed by atoms with Gasteiger partial charge in [-0.05, 0) is 35.7 Å². The molecule has 0 saturated heterocycles. The number of amides is 2. The first-order valence-corrected chi connectivity index (χ1v) is 7.41. The minimum absolute atomic E-state index is 0.208. The van der Waals surface area contributed by atoms with E-state index in [1.54, 1.807) is 42.5 Å². The number of carbonyl (C=O) groups excluding carboxylic acids is 2. The van der Waals surface area contributed by atoms with E-state index in [4.69, 9.17) is 4.42 Å². The van der Waals surface area contributed by atoms with Crippen LogP contribution in [0.5, 0.6) is 0 Å². The SMILES string of the molecule is O=C(Nc1ccccc1NC(=O)c1cccs1)c1ccco1. The molecule has 0 spiro atoms. The van der Waals surface area contributed by atoms with Gasteiger partial charge in [0.05, 0.1) is 22.5 Å². The number of carbonyl (C=O) groups is 2. The van der Waals surface area contributed by atoms with Crippen molar-refractivity contribution in [2.24, 2.45) is 0 Å². The van der Waals surface area contributed by atoms with Crippen LogP contribution in [0.2, 0.25) is 0 Å². The van der Waals surface area contributed by atoms with Gasteiger partial charge in [-0.15, -0.1) is 11.3 Å². The number of para-hydroxylation sites is 2. The molecule has 0 unspecified atom stereocenters. The van der Waals surface area contributed by atoms with E-state index in [0.29, 0.717) is 16.3 Å². The first-order valence-electron chi connectivity index (χ1n) is 6.53. The summed E-state index contributed by atoms with van der Waals surface area (Å²) in [5.41, 5.74) is 1.04. The van der Waals surface area contributed by atoms with E-state index < -0.39 is 0 Å². The molecule has 5 nitrogen and oxygen atoms in total. The molecule has 2 N–H and O–H groups in total. The second kappa shape index (κ2) is 6.28. The van der Waals surface area contributed by atoms with Crippen LogP contribution in [-0.4, -0.2) is 11.8 Å². The largest absolute Gasteiger partial charge is 0.459 e. The standard InChI is InChI=1S/C16H12N2O3S/c19-15(13-7-3-9-21-13)17-11-5-1-2-6-12(11)18-16(20)14-8-4-10-22-14/h1-10H,(H,17,19)(H,18,20). The third-order valence-electron chi connectivity index (χ3n) is 2.91. The van der Waals surface area contributed by atoms with Gasteiger partial charge in [0.15, 0.2) is 5.76 Å². The Balaban J connectivity index is 1.78. The predicted molar refractivity (Wildman–Crippen MR) is 85.4 cm³/mol. The predicted octanol–water partition coefficient (Wildman–Crippen LogP) is 3.85. The molecule has 1 aromatic carbocycles. The lowest BCUT2D eigenvalue weighted by Crippen LogP contribution is -2.15. The topological polar surface area (TPSA) is 71.3 Å². The van der Waals surface area contributed by atoms with Gasteiger partial charge in [-0.1, -0.05) is 18.2 Å². The molecule has 0 atom stereocenters. The third kappa shape index (κ3) is 3.07. The molecule has 0 bridgehead atoms. The van der Waals surface area contributed by atoms with Crippen molar-refractivity contribution in [3.05, 3.63) is 70.8 Å². The number of anilines is 2. The molecule has 0 aliphatic carbocycles. The quantitative estimate of drug-likeness (QED) is 0.768. The van der Waals surface area contributed by atoms with Gasteiger partial charge in [-0.25, -0.2) is 0 Å². The highest BCUT2D eigenvalue weighted by Gasteiger charge is 2.13. The minimum atomic E-state index is -0.372. The van der Waals surface area contributed by atoms with E-state index in [-0.39, 0.29) is 17.6 Å². The first-order chi connectivity index (χ1) is 10.7. The second-order valence-corrected chi connectivity index (χ2v) is 5.36. The van der Waals surface area contributed by atoms with Gasteiger partial charge in [0.2, 0.25) is 0 Å². The summed E-state index contributed by atoms with van der Waals surface area (Å²) in [6.45, 7) is 0. The van der Waals surface area contributed by atoms with Crippen LogP contribution in [-0.2, 0) is 0 Å². The molecule has 0 aliphatic rings. The maximum absolute atomic E-state index is 12.1. The smallest absolute Gasteiger partial charge is 0.291 e. The van der Waals surface area contributed by atoms with Crippen molar-refractivity contribution in [2.45, 2.75) is 0 Å². The van der Waals surface area contributed by atoms with E-state index in [0.717, 1.165) is 0 Å². The fraction of sp³-hybridized carbons (Fsp3) is 0. The van der Waals surface area contributed by atoms with Crippen LogP contribution in [0.3, 0.4) is 0 Å². The minimum Gasteiger partial charge on any atom is -0.459 e. The molecule has 0 radical (unpaired) electrons. The van der Waals surface area contributed by atoms with Gasteiger partial charge in [0.1, 0.15) is 0 Å². The van der Waals surface area contributed by atoms with Gasteiger partial charge in [-0.2, -0.15) is 0 Å². The summed E-state index contributed by atoms with van der Waals surface area (Å²) in [7, 11) is 0. The Kier molecular flexibility index (Phi) is 4.02. The summed E-state index contributed by atoms with van der Waals surface area (Å²) >= 11 is 1.35. The van der Waals surface area contributed by atoms with E-state index in [9.17, 15) is 9.59 Å². The summed E-state index contributed by atoms with van der Waals surface area (Å²) in [4.78, 5) is 24.7. The van der Waals surface area contributed by atoms with Crippen molar-refractivity contribution < 1.29 is 14.0 Å². The van der Waals surface area contributed by atoms with Gasteiger partial charge >= 0.3 is 0 Å². The van der Waals surface area contributed by atoms with Gasteiger partial charge in [0.25, 0.3) is 11.8 Å². The molecule has 0 fully saturated rings. The molecule has 6 heteroatoms. The molecule has 0 saturated carbocycles. The summed E-state index contributed by atoms with van der Waals surface area (Å²) in [6.07, 6.45) is 1.43. The normalized spacial score (nSPS) is 10.2. The number of furan rings is 1. The van der Waals surface area contributed by atoms with Crippen molar-refractivity contribution in [1.29, 1.82) is 0 Å². The Morgan fingerprint density at radius 3 is 2.18 bits per heavy atom. The molecule has 0 aliphatic heterocycles. The lowest BCUT2D eigenvalue weighted by molar-refractivity contribution is 0.0993. The Morgan fingerprint density at radius 1 is 0.864 bits per heavy atom. The Hall–Kier alpha value is -2.86. The maximum Gasteiger partial charge on any atom is 0.291 e. The summed E-state index contributed by atoms with van der Waals surface area (Å²) in [5, 5.41) is 7.34. The highest BCUT2D eigenvalue weighted by molar-refractivity contribution is 7.12. The van der Waals surface area contributed by atoms with Gasteiger partial charge in [0, 0.05) is 0 Å². The zero-order chi connectivity index (χ0) is 15.4. The van der Waals surface area contributed by atoms with Gasteiger partial charge in [-0.3, -0.25) is 9.59 Å². The number of nitrogens with one attached hydrogen (secondary N) is 2. The van der Waals surface area contributed by atoms with Crippen molar-refractivity contribution in [3.8, 4) is 0 Å². The van der Waals surface area contributed by atoms with Crippen LogP contribution in [0.15, 0.2) is 64.6 Å². The van der Waals surface area contributed by atoms with Crippen molar-refractivity contribution in [2.75, 3.05) is 10.6 Å². The fourth-order valence-corrected chi connectivity index (χ4v) is 2.50. The number of hydrogen-bond acceptors (Lipinski definition) is 4. The monoisotopic (exact) mass is 312 g/mol. The van der Waals surface area contributed by atoms with Crippen LogP contribution in [0.1, 0.15) is 20.2 Å². The molecule has 110 valence electrons. The Bertz CT molecular complexity index is 712. The summed E-state index contributed by atoms with van der Waals surface area (Å²) in [5.74, 6) is -0.378. The summed E-state index contributed by atoms with van der Waals surface area (Å²) < 4.78 is 5.05. The lowest BCUT2D eigenvalue weighted by Gasteiger charge is -2.11. The van der Waals surface area contributed by atoms with Crippen LogP contribution in [0.4, 0.5) is 11.4 Å². The second-order valence-electron chi connectivity index (χ2n) is 4.41. The molecule has 3 aromatic rings. The number of benzene rings is 1. The fourth-order valence-electron chi connectivity index (χ4n) is 1.88. The zero-order valence-electron chi connectivity index (χ0n) is 11.4. The van der Waals surface area contributed by atoms with Crippen molar-refractivity contribution >= 4 is 34.5 Å². The Labute approximate surface area is 130 Å². The molecule has 2 amide bonds. The van der Waals surface area contributed by atoms with E-state index >= 15 is 0 Å². The van der Waals surface area contributed by atoms with Crippen LogP contribution >= 0.6 is 11.3 Å². The molecular formula is C16H12N2O3S. The molecule has 22 heavy (non-hydrogen) atoms. The van der Waals surface area contributed by atoms with Crippen molar-refractivity contribution in [1.82, 2.24) is 0 Å². The molecule has 2 heterocycles. The van der Waals surface area contributed by atoms with Gasteiger partial charge < -0.3 is 15.1 Å². The maximum atomic E-state index is 12.1. The van der Waals surface area contributed by atoms with Crippen molar-refractivity contribution in [3.63, 3.8) is 0 Å². The van der Waals surface area contributed by atoms with E-state index in [1.165, 1.54) is 17.6 Å². The first kappa shape index (κ1) is 14.1. The third-order valence-corrected chi connectivity index (χ3v) is 3.78. The van der Waals surface area contributed by atoms with Crippen LogP contribution in [0, 0.1) is 0 Å². The number of rotatable bonds is 4. The molecule has 3 rings (SSSR count). The highest BCUT2D eigenvalue weighted by atomic mass is 32.1. The average Bonchev–Trinajstić information content (AvgIpc) is 3.23. The number of thiophene rings is 1. The van der Waals surface area contributed by atoms with E-state index in [2.05, 4.69) is 10.6 Å². The number of hydrogen-bond donors (Lipinski definition) is 2. The molecule has 2 aromatic heterocycles. The molecular weight excluding hydrogens is 300 g/mol. The van der Waals surface area contributed by atoms with E-state index in [1.807, 2.05) is 11.4 Å². The highest BCUT2D eigenvalue weighted by Crippen LogP contribution is 2.23. The summed E-state index contributed by atoms with van der Waals surface area (Å²) in [6, 6.07) is 13.8. The zero-order valence-corrected chi connectivity index (χ0v) is 12.2. The average molecular weight is 312 g/mol. The van der Waals surface area contributed by atoms with Crippen LogP contribution < -0.4 is 10.6 Å². The Morgan fingerprint density at radius 2 is 1.59 bits per heavy atom. The van der Waals surface area contributed by atoms with Crippen LogP contribution in [0.25, 0.3) is 0 Å².